The van der Waals surface area contributed by atoms with Gasteiger partial charge in [0.25, 0.3) is 5.56 Å². The van der Waals surface area contributed by atoms with Crippen molar-refractivity contribution in [3.63, 3.8) is 0 Å². The summed E-state index contributed by atoms with van der Waals surface area (Å²) in [5.41, 5.74) is 9.20. The van der Waals surface area contributed by atoms with Crippen molar-refractivity contribution in [3.8, 4) is 0 Å². The minimum absolute atomic E-state index is 0.0833. The fourth-order valence-corrected chi connectivity index (χ4v) is 5.65. The number of nitrogens with one attached hydrogen (secondary N) is 1. The Labute approximate surface area is 183 Å². The summed E-state index contributed by atoms with van der Waals surface area (Å²) in [6, 6.07) is 2.24. The number of rotatable bonds is 4. The van der Waals surface area contributed by atoms with Crippen molar-refractivity contribution in [2.24, 2.45) is 5.92 Å². The monoisotopic (exact) mass is 438 g/mol. The zero-order chi connectivity index (χ0) is 21.3. The highest BCUT2D eigenvalue weighted by Gasteiger charge is 2.32. The Morgan fingerprint density at radius 3 is 2.87 bits per heavy atom. The summed E-state index contributed by atoms with van der Waals surface area (Å²) in [4.78, 5) is 22.5. The number of aromatic nitrogens is 5. The summed E-state index contributed by atoms with van der Waals surface area (Å²) >= 11 is 1.48. The molecule has 1 fully saturated rings. The SMILES string of the molecule is Cc1nc(N)sc1N1C=c2[nH]n([C@@H](C)C3CC3)c(=O)c2=C(N2CCn3nccc3C2)C1. The quantitative estimate of drug-likeness (QED) is 0.618. The number of nitrogens with zero attached hydrogens (tertiary/aromatic N) is 6. The molecule has 6 rings (SSSR count). The van der Waals surface area contributed by atoms with Crippen LogP contribution in [0.2, 0.25) is 0 Å². The first-order chi connectivity index (χ1) is 15.0. The second-order valence-corrected chi connectivity index (χ2v) is 9.78. The number of nitrogen functional groups attached to an aromatic ring is 1. The largest absolute Gasteiger partial charge is 0.375 e. The Balaban J connectivity index is 1.51. The predicted octanol–water partition coefficient (Wildman–Crippen LogP) is 0.573. The van der Waals surface area contributed by atoms with E-state index in [1.165, 1.54) is 29.9 Å². The summed E-state index contributed by atoms with van der Waals surface area (Å²) < 4.78 is 3.88. The molecule has 2 aliphatic heterocycles. The summed E-state index contributed by atoms with van der Waals surface area (Å²) in [5.74, 6) is 0.588. The Bertz CT molecular complexity index is 1340. The number of hydrogen-bond donors (Lipinski definition) is 2. The molecule has 1 aliphatic carbocycles. The Hall–Kier alpha value is -3.01. The van der Waals surface area contributed by atoms with E-state index in [9.17, 15) is 4.79 Å². The molecule has 162 valence electrons. The molecule has 0 amide bonds. The molecule has 0 unspecified atom stereocenters. The van der Waals surface area contributed by atoms with E-state index in [4.69, 9.17) is 5.73 Å². The second kappa shape index (κ2) is 6.74. The maximum absolute atomic E-state index is 13.5. The van der Waals surface area contributed by atoms with E-state index in [0.29, 0.717) is 17.6 Å². The summed E-state index contributed by atoms with van der Waals surface area (Å²) in [5, 5.41) is 11.1. The third kappa shape index (κ3) is 3.00. The molecule has 3 N–H and O–H groups in total. The predicted molar refractivity (Wildman–Crippen MR) is 121 cm³/mol. The molecule has 0 radical (unpaired) electrons. The number of aromatic amines is 1. The number of nitrogens with two attached hydrogens (primary N) is 1. The lowest BCUT2D eigenvalue weighted by molar-refractivity contribution is 0.298. The molecule has 3 aromatic rings. The van der Waals surface area contributed by atoms with E-state index >= 15 is 0 Å². The molecule has 0 saturated heterocycles. The molecule has 5 heterocycles. The van der Waals surface area contributed by atoms with Crippen LogP contribution >= 0.6 is 11.3 Å². The van der Waals surface area contributed by atoms with Gasteiger partial charge in [-0.15, -0.1) is 0 Å². The van der Waals surface area contributed by atoms with Gasteiger partial charge in [-0.25, -0.2) is 9.67 Å². The maximum atomic E-state index is 13.5. The average Bonchev–Trinajstić information content (AvgIpc) is 3.27. The van der Waals surface area contributed by atoms with Crippen molar-refractivity contribution >= 4 is 33.4 Å². The minimum Gasteiger partial charge on any atom is -0.375 e. The molecule has 1 saturated carbocycles. The maximum Gasteiger partial charge on any atom is 0.276 e. The zero-order valence-electron chi connectivity index (χ0n) is 17.7. The summed E-state index contributed by atoms with van der Waals surface area (Å²) in [7, 11) is 0. The van der Waals surface area contributed by atoms with Crippen LogP contribution in [-0.2, 0) is 13.1 Å². The van der Waals surface area contributed by atoms with Crippen LogP contribution < -0.4 is 26.8 Å². The molecule has 31 heavy (non-hydrogen) atoms. The molecule has 3 aromatic heterocycles. The van der Waals surface area contributed by atoms with Crippen molar-refractivity contribution < 1.29 is 0 Å². The van der Waals surface area contributed by atoms with Crippen LogP contribution in [0.3, 0.4) is 0 Å². The van der Waals surface area contributed by atoms with Crippen LogP contribution in [-0.4, -0.2) is 42.5 Å². The molecule has 3 aliphatic rings. The topological polar surface area (TPSA) is 101 Å². The van der Waals surface area contributed by atoms with Gasteiger partial charge in [-0.1, -0.05) is 11.3 Å². The molecule has 9 nitrogen and oxygen atoms in total. The van der Waals surface area contributed by atoms with Gasteiger partial charge >= 0.3 is 0 Å². The van der Waals surface area contributed by atoms with Gasteiger partial charge in [0.1, 0.15) is 5.00 Å². The van der Waals surface area contributed by atoms with E-state index < -0.39 is 0 Å². The third-order valence-electron chi connectivity index (χ3n) is 6.72. The molecule has 1 atom stereocenters. The van der Waals surface area contributed by atoms with Crippen LogP contribution in [0.15, 0.2) is 17.1 Å². The van der Waals surface area contributed by atoms with Crippen LogP contribution in [0.5, 0.6) is 0 Å². The first kappa shape index (κ1) is 18.7. The van der Waals surface area contributed by atoms with Crippen molar-refractivity contribution in [2.75, 3.05) is 23.7 Å². The first-order valence-corrected chi connectivity index (χ1v) is 11.6. The highest BCUT2D eigenvalue weighted by molar-refractivity contribution is 7.19. The van der Waals surface area contributed by atoms with Gasteiger partial charge in [-0.2, -0.15) is 5.10 Å². The van der Waals surface area contributed by atoms with Gasteiger partial charge in [0.2, 0.25) is 0 Å². The Morgan fingerprint density at radius 1 is 1.29 bits per heavy atom. The lowest BCUT2D eigenvalue weighted by atomic mass is 10.2. The van der Waals surface area contributed by atoms with Crippen molar-refractivity contribution in [1.29, 1.82) is 0 Å². The molecule has 10 heteroatoms. The van der Waals surface area contributed by atoms with Crippen LogP contribution in [0, 0.1) is 12.8 Å². The van der Waals surface area contributed by atoms with E-state index in [0.717, 1.165) is 46.6 Å². The summed E-state index contributed by atoms with van der Waals surface area (Å²) in [6.45, 7) is 7.13. The molecule has 0 aromatic carbocycles. The number of H-pyrrole nitrogens is 1. The average molecular weight is 439 g/mol. The van der Waals surface area contributed by atoms with E-state index in [1.807, 2.05) is 28.7 Å². The minimum atomic E-state index is 0.0833. The fraction of sp³-hybridized carbons (Fsp3) is 0.476. The van der Waals surface area contributed by atoms with Gasteiger partial charge in [-0.05, 0) is 38.7 Å². The first-order valence-electron chi connectivity index (χ1n) is 10.8. The van der Waals surface area contributed by atoms with Crippen LogP contribution in [0.25, 0.3) is 11.9 Å². The molecule has 0 spiro atoms. The highest BCUT2D eigenvalue weighted by Crippen LogP contribution is 2.38. The smallest absolute Gasteiger partial charge is 0.276 e. The fourth-order valence-electron chi connectivity index (χ4n) is 4.84. The van der Waals surface area contributed by atoms with E-state index in [-0.39, 0.29) is 11.6 Å². The van der Waals surface area contributed by atoms with Gasteiger partial charge < -0.3 is 15.5 Å². The second-order valence-electron chi connectivity index (χ2n) is 8.77. The Morgan fingerprint density at radius 2 is 2.13 bits per heavy atom. The van der Waals surface area contributed by atoms with Crippen molar-refractivity contribution in [2.45, 2.75) is 45.8 Å². The van der Waals surface area contributed by atoms with E-state index in [1.54, 1.807) is 0 Å². The number of fused-ring (bicyclic) bond motifs is 2. The lowest BCUT2D eigenvalue weighted by Gasteiger charge is -2.34. The molecular weight excluding hydrogens is 412 g/mol. The van der Waals surface area contributed by atoms with Crippen LogP contribution in [0.1, 0.15) is 37.2 Å². The number of thiazole rings is 1. The van der Waals surface area contributed by atoms with Crippen molar-refractivity contribution in [1.82, 2.24) is 29.4 Å². The lowest BCUT2D eigenvalue weighted by Crippen LogP contribution is -2.50. The van der Waals surface area contributed by atoms with Gasteiger partial charge in [-0.3, -0.25) is 14.6 Å². The van der Waals surface area contributed by atoms with Crippen molar-refractivity contribution in [3.05, 3.63) is 44.6 Å². The molecule has 0 bridgehead atoms. The molecular formula is C21H26N8OS. The highest BCUT2D eigenvalue weighted by atomic mass is 32.1. The number of aryl methyl sites for hydroxylation is 1. The van der Waals surface area contributed by atoms with Gasteiger partial charge in [0.15, 0.2) is 5.13 Å². The van der Waals surface area contributed by atoms with Crippen LogP contribution in [0.4, 0.5) is 10.1 Å². The number of anilines is 2. The normalized spacial score (nSPS) is 19.2. The van der Waals surface area contributed by atoms with E-state index in [2.05, 4.69) is 38.0 Å². The third-order valence-corrected chi connectivity index (χ3v) is 7.74. The zero-order valence-corrected chi connectivity index (χ0v) is 18.5. The Kier molecular flexibility index (Phi) is 4.08. The number of hydrogen-bond acceptors (Lipinski definition) is 7. The van der Waals surface area contributed by atoms with Gasteiger partial charge in [0, 0.05) is 24.6 Å². The van der Waals surface area contributed by atoms with Gasteiger partial charge in [0.05, 0.1) is 47.6 Å². The summed E-state index contributed by atoms with van der Waals surface area (Å²) in [6.07, 6.45) is 6.28. The standard InChI is InChI=1S/C21H26N8OS/c1-12-20(31-21(22)24-12)27-10-16-18(19(30)29(25-16)13(2)14-3-4-14)17(11-27)26-7-8-28-15(9-26)5-6-23-28/h5-6,10,13-14,25H,3-4,7-9,11H2,1-2H3,(H2,22,24)/t13-/m0/s1.